The number of nitrogens with two attached hydrogens (primary N) is 1. The number of aromatic carboxylic acids is 1. The predicted molar refractivity (Wildman–Crippen MR) is 76.9 cm³/mol. The van der Waals surface area contributed by atoms with E-state index in [0.717, 1.165) is 4.88 Å². The SMILES string of the molecule is CC(NC(=O)C(N)c1cccs1)c1nc(C(=O)O)cs1. The molecule has 2 unspecified atom stereocenters. The zero-order valence-electron chi connectivity index (χ0n) is 10.6. The molecular weight excluding hydrogens is 298 g/mol. The van der Waals surface area contributed by atoms with E-state index in [4.69, 9.17) is 10.8 Å². The van der Waals surface area contributed by atoms with Gasteiger partial charge in [-0.1, -0.05) is 6.07 Å². The van der Waals surface area contributed by atoms with Gasteiger partial charge in [-0.2, -0.15) is 0 Å². The monoisotopic (exact) mass is 311 g/mol. The van der Waals surface area contributed by atoms with Crippen LogP contribution in [0, 0.1) is 0 Å². The van der Waals surface area contributed by atoms with Gasteiger partial charge in [-0.05, 0) is 18.4 Å². The molecule has 0 bridgehead atoms. The Balaban J connectivity index is 2.01. The number of hydrogen-bond acceptors (Lipinski definition) is 6. The molecule has 1 amide bonds. The van der Waals surface area contributed by atoms with Crippen LogP contribution in [-0.4, -0.2) is 22.0 Å². The standard InChI is InChI=1S/C12H13N3O3S2/c1-6(11-15-7(5-20-11)12(17)18)14-10(16)9(13)8-3-2-4-19-8/h2-6,9H,13H2,1H3,(H,14,16)(H,17,18). The van der Waals surface area contributed by atoms with E-state index in [1.807, 2.05) is 11.4 Å². The number of carboxylic acids is 1. The van der Waals surface area contributed by atoms with Crippen LogP contribution in [-0.2, 0) is 4.79 Å². The number of thiophene rings is 1. The normalized spacial score (nSPS) is 13.7. The van der Waals surface area contributed by atoms with Crippen molar-refractivity contribution in [2.45, 2.75) is 19.0 Å². The Labute approximate surface area is 123 Å². The number of aromatic nitrogens is 1. The van der Waals surface area contributed by atoms with Crippen LogP contribution in [0.5, 0.6) is 0 Å². The van der Waals surface area contributed by atoms with Crippen molar-refractivity contribution in [3.05, 3.63) is 38.5 Å². The van der Waals surface area contributed by atoms with Crippen LogP contribution in [0.1, 0.15) is 39.4 Å². The van der Waals surface area contributed by atoms with E-state index in [1.165, 1.54) is 28.1 Å². The molecule has 2 atom stereocenters. The smallest absolute Gasteiger partial charge is 0.355 e. The minimum absolute atomic E-state index is 0.0198. The first-order valence-electron chi connectivity index (χ1n) is 5.77. The molecule has 6 nitrogen and oxygen atoms in total. The van der Waals surface area contributed by atoms with Crippen molar-refractivity contribution in [2.24, 2.45) is 5.73 Å². The second kappa shape index (κ2) is 6.12. The van der Waals surface area contributed by atoms with Crippen molar-refractivity contribution in [1.82, 2.24) is 10.3 Å². The highest BCUT2D eigenvalue weighted by Crippen LogP contribution is 2.21. The number of carbonyl (C=O) groups excluding carboxylic acids is 1. The van der Waals surface area contributed by atoms with Crippen molar-refractivity contribution < 1.29 is 14.7 Å². The third kappa shape index (κ3) is 3.21. The fourth-order valence-corrected chi connectivity index (χ4v) is 3.07. The van der Waals surface area contributed by atoms with Gasteiger partial charge in [0.2, 0.25) is 5.91 Å². The summed E-state index contributed by atoms with van der Waals surface area (Å²) in [5, 5.41) is 15.4. The molecule has 8 heteroatoms. The van der Waals surface area contributed by atoms with Crippen molar-refractivity contribution in [3.63, 3.8) is 0 Å². The van der Waals surface area contributed by atoms with Gasteiger partial charge in [0, 0.05) is 10.3 Å². The first-order valence-corrected chi connectivity index (χ1v) is 7.53. The molecular formula is C12H13N3O3S2. The lowest BCUT2D eigenvalue weighted by atomic mass is 10.2. The van der Waals surface area contributed by atoms with E-state index in [2.05, 4.69) is 10.3 Å². The summed E-state index contributed by atoms with van der Waals surface area (Å²) in [4.78, 5) is 27.5. The van der Waals surface area contributed by atoms with E-state index in [9.17, 15) is 9.59 Å². The summed E-state index contributed by atoms with van der Waals surface area (Å²) in [5.41, 5.74) is 5.83. The lowest BCUT2D eigenvalue weighted by Gasteiger charge is -2.14. The topological polar surface area (TPSA) is 105 Å². The van der Waals surface area contributed by atoms with Gasteiger partial charge in [0.25, 0.3) is 0 Å². The van der Waals surface area contributed by atoms with Gasteiger partial charge in [-0.15, -0.1) is 22.7 Å². The number of amides is 1. The van der Waals surface area contributed by atoms with Gasteiger partial charge in [-0.25, -0.2) is 9.78 Å². The fourth-order valence-electron chi connectivity index (χ4n) is 1.55. The minimum Gasteiger partial charge on any atom is -0.476 e. The summed E-state index contributed by atoms with van der Waals surface area (Å²) in [6, 6.07) is 2.52. The zero-order valence-corrected chi connectivity index (χ0v) is 12.2. The van der Waals surface area contributed by atoms with E-state index in [0.29, 0.717) is 5.01 Å². The van der Waals surface area contributed by atoms with Gasteiger partial charge >= 0.3 is 5.97 Å². The van der Waals surface area contributed by atoms with Crippen LogP contribution in [0.2, 0.25) is 0 Å². The van der Waals surface area contributed by atoms with Crippen molar-refractivity contribution in [2.75, 3.05) is 0 Å². The molecule has 2 aromatic heterocycles. The third-order valence-electron chi connectivity index (χ3n) is 2.60. The molecule has 2 aromatic rings. The van der Waals surface area contributed by atoms with Crippen molar-refractivity contribution >= 4 is 34.6 Å². The number of rotatable bonds is 5. The van der Waals surface area contributed by atoms with E-state index < -0.39 is 12.0 Å². The maximum atomic E-state index is 12.0. The van der Waals surface area contributed by atoms with Gasteiger partial charge in [0.1, 0.15) is 11.0 Å². The number of nitrogens with one attached hydrogen (secondary N) is 1. The second-order valence-corrected chi connectivity index (χ2v) is 5.97. The van der Waals surface area contributed by atoms with E-state index in [1.54, 1.807) is 13.0 Å². The lowest BCUT2D eigenvalue weighted by molar-refractivity contribution is -0.123. The van der Waals surface area contributed by atoms with Gasteiger partial charge in [0.05, 0.1) is 6.04 Å². The maximum absolute atomic E-state index is 12.0. The Morgan fingerprint density at radius 2 is 2.20 bits per heavy atom. The minimum atomic E-state index is -1.08. The highest BCUT2D eigenvalue weighted by molar-refractivity contribution is 7.10. The third-order valence-corrected chi connectivity index (χ3v) is 4.59. The summed E-state index contributed by atoms with van der Waals surface area (Å²) in [6.45, 7) is 1.74. The predicted octanol–water partition coefficient (Wildman–Crippen LogP) is 1.78. The van der Waals surface area contributed by atoms with Gasteiger partial charge < -0.3 is 16.2 Å². The first-order chi connectivity index (χ1) is 9.49. The molecule has 0 radical (unpaired) electrons. The highest BCUT2D eigenvalue weighted by atomic mass is 32.1. The molecule has 0 saturated carbocycles. The summed E-state index contributed by atoms with van der Waals surface area (Å²) < 4.78 is 0. The number of carbonyl (C=O) groups is 2. The van der Waals surface area contributed by atoms with Gasteiger partial charge in [-0.3, -0.25) is 4.79 Å². The molecule has 106 valence electrons. The van der Waals surface area contributed by atoms with Crippen molar-refractivity contribution in [1.29, 1.82) is 0 Å². The maximum Gasteiger partial charge on any atom is 0.355 e. The Morgan fingerprint density at radius 3 is 2.75 bits per heavy atom. The molecule has 0 spiro atoms. The number of carboxylic acid groups (broad SMARTS) is 1. The molecule has 20 heavy (non-hydrogen) atoms. The second-order valence-electron chi connectivity index (χ2n) is 4.10. The van der Waals surface area contributed by atoms with Crippen LogP contribution < -0.4 is 11.1 Å². The molecule has 4 N–H and O–H groups in total. The average Bonchev–Trinajstić information content (AvgIpc) is 3.08. The average molecular weight is 311 g/mol. The fraction of sp³-hybridized carbons (Fsp3) is 0.250. The Morgan fingerprint density at radius 1 is 1.45 bits per heavy atom. The van der Waals surface area contributed by atoms with Crippen LogP contribution in [0.25, 0.3) is 0 Å². The first kappa shape index (κ1) is 14.6. The molecule has 0 saturated heterocycles. The lowest BCUT2D eigenvalue weighted by Crippen LogP contribution is -2.35. The quantitative estimate of drug-likeness (QED) is 0.780. The van der Waals surface area contributed by atoms with Gasteiger partial charge in [0.15, 0.2) is 5.69 Å². The molecule has 0 aromatic carbocycles. The van der Waals surface area contributed by atoms with Crippen LogP contribution in [0.4, 0.5) is 0 Å². The highest BCUT2D eigenvalue weighted by Gasteiger charge is 2.21. The zero-order chi connectivity index (χ0) is 14.7. The van der Waals surface area contributed by atoms with Crippen LogP contribution in [0.15, 0.2) is 22.9 Å². The Bertz CT molecular complexity index is 609. The van der Waals surface area contributed by atoms with E-state index in [-0.39, 0.29) is 17.6 Å². The summed E-state index contributed by atoms with van der Waals surface area (Å²) >= 11 is 2.61. The van der Waals surface area contributed by atoms with Crippen molar-refractivity contribution in [3.8, 4) is 0 Å². The number of nitrogens with zero attached hydrogens (tertiary/aromatic N) is 1. The Hall–Kier alpha value is -1.77. The van der Waals surface area contributed by atoms with Crippen LogP contribution in [0.3, 0.4) is 0 Å². The molecule has 0 fully saturated rings. The summed E-state index contributed by atoms with van der Waals surface area (Å²) in [6.07, 6.45) is 0. The number of thiazole rings is 1. The molecule has 0 aliphatic carbocycles. The summed E-state index contributed by atoms with van der Waals surface area (Å²) in [5.74, 6) is -1.40. The molecule has 2 rings (SSSR count). The molecule has 0 aliphatic heterocycles. The molecule has 0 aliphatic rings. The van der Waals surface area contributed by atoms with E-state index >= 15 is 0 Å². The summed E-state index contributed by atoms with van der Waals surface area (Å²) in [7, 11) is 0. The largest absolute Gasteiger partial charge is 0.476 e. The Kier molecular flexibility index (Phi) is 4.48. The number of hydrogen-bond donors (Lipinski definition) is 3. The molecule has 2 heterocycles. The van der Waals surface area contributed by atoms with Crippen LogP contribution >= 0.6 is 22.7 Å².